The molecule has 140 valence electrons. The van der Waals surface area contributed by atoms with Crippen LogP contribution in [0.5, 0.6) is 0 Å². The zero-order valence-electron chi connectivity index (χ0n) is 15.2. The highest BCUT2D eigenvalue weighted by molar-refractivity contribution is 8.00. The van der Waals surface area contributed by atoms with Crippen LogP contribution < -0.4 is 10.2 Å². The fourth-order valence-electron chi connectivity index (χ4n) is 2.99. The summed E-state index contributed by atoms with van der Waals surface area (Å²) in [7, 11) is 2.15. The van der Waals surface area contributed by atoms with Crippen molar-refractivity contribution in [2.45, 2.75) is 4.90 Å². The first-order valence-electron chi connectivity index (χ1n) is 8.99. The van der Waals surface area contributed by atoms with E-state index in [-0.39, 0.29) is 5.91 Å². The summed E-state index contributed by atoms with van der Waals surface area (Å²) in [4.78, 5) is 22.8. The number of thiazole rings is 1. The van der Waals surface area contributed by atoms with E-state index >= 15 is 0 Å². The molecule has 1 aliphatic heterocycles. The second kappa shape index (κ2) is 8.29. The molecule has 1 saturated heterocycles. The van der Waals surface area contributed by atoms with E-state index in [4.69, 9.17) is 4.98 Å². The normalized spacial score (nSPS) is 15.2. The highest BCUT2D eigenvalue weighted by Gasteiger charge is 2.17. The molecule has 0 atom stereocenters. The van der Waals surface area contributed by atoms with E-state index in [0.717, 1.165) is 52.1 Å². The Hall–Kier alpha value is -2.09. The molecule has 1 aromatic heterocycles. The number of piperazine rings is 1. The van der Waals surface area contributed by atoms with Crippen LogP contribution in [0.3, 0.4) is 0 Å². The molecular formula is C20H22N4OS2. The summed E-state index contributed by atoms with van der Waals surface area (Å²) in [6.45, 7) is 4.15. The van der Waals surface area contributed by atoms with Crippen molar-refractivity contribution in [2.24, 2.45) is 0 Å². The minimum Gasteiger partial charge on any atom is -0.345 e. The molecule has 27 heavy (non-hydrogen) atoms. The number of anilines is 2. The van der Waals surface area contributed by atoms with E-state index in [2.05, 4.69) is 22.2 Å². The molecule has 1 aliphatic rings. The van der Waals surface area contributed by atoms with Gasteiger partial charge in [0.2, 0.25) is 5.91 Å². The molecule has 0 aliphatic carbocycles. The number of thioether (sulfide) groups is 1. The average molecular weight is 399 g/mol. The predicted molar refractivity (Wildman–Crippen MR) is 115 cm³/mol. The van der Waals surface area contributed by atoms with Gasteiger partial charge in [-0.15, -0.1) is 11.8 Å². The van der Waals surface area contributed by atoms with E-state index in [1.165, 1.54) is 0 Å². The molecule has 2 aromatic carbocycles. The lowest BCUT2D eigenvalue weighted by Crippen LogP contribution is -2.44. The molecule has 0 radical (unpaired) electrons. The summed E-state index contributed by atoms with van der Waals surface area (Å²) < 4.78 is 1.11. The Morgan fingerprint density at radius 1 is 1.15 bits per heavy atom. The molecule has 1 fully saturated rings. The Balaban J connectivity index is 1.40. The second-order valence-electron chi connectivity index (χ2n) is 6.62. The number of likely N-dealkylation sites (N-methyl/N-ethyl adjacent to an activating group) is 1. The SMILES string of the molecule is CN1CCN(c2nc3ccc(NC(=O)CSc4ccccc4)cc3s2)CC1. The van der Waals surface area contributed by atoms with Crippen molar-refractivity contribution < 1.29 is 4.79 Å². The van der Waals surface area contributed by atoms with Crippen LogP contribution in [0.4, 0.5) is 10.8 Å². The molecule has 4 rings (SSSR count). The maximum absolute atomic E-state index is 12.2. The van der Waals surface area contributed by atoms with Gasteiger partial charge in [0, 0.05) is 36.8 Å². The zero-order valence-corrected chi connectivity index (χ0v) is 16.9. The van der Waals surface area contributed by atoms with E-state index in [0.29, 0.717) is 5.75 Å². The van der Waals surface area contributed by atoms with Gasteiger partial charge in [0.15, 0.2) is 5.13 Å². The number of aromatic nitrogens is 1. The van der Waals surface area contributed by atoms with Crippen molar-refractivity contribution in [2.75, 3.05) is 49.2 Å². The third-order valence-corrected chi connectivity index (χ3v) is 6.64. The Morgan fingerprint density at radius 3 is 2.70 bits per heavy atom. The van der Waals surface area contributed by atoms with Crippen LogP contribution in [0.1, 0.15) is 0 Å². The first kappa shape index (κ1) is 18.3. The quantitative estimate of drug-likeness (QED) is 0.663. The number of fused-ring (bicyclic) bond motifs is 1. The van der Waals surface area contributed by atoms with Crippen LogP contribution in [-0.4, -0.2) is 54.8 Å². The average Bonchev–Trinajstić information content (AvgIpc) is 3.11. The lowest BCUT2D eigenvalue weighted by atomic mass is 10.3. The number of hydrogen-bond acceptors (Lipinski definition) is 6. The smallest absolute Gasteiger partial charge is 0.234 e. The van der Waals surface area contributed by atoms with Crippen LogP contribution in [0.15, 0.2) is 53.4 Å². The molecule has 5 nitrogen and oxygen atoms in total. The van der Waals surface area contributed by atoms with Gasteiger partial charge < -0.3 is 15.1 Å². The van der Waals surface area contributed by atoms with Crippen molar-refractivity contribution in [3.8, 4) is 0 Å². The van der Waals surface area contributed by atoms with Crippen LogP contribution in [0, 0.1) is 0 Å². The van der Waals surface area contributed by atoms with Gasteiger partial charge in [-0.2, -0.15) is 0 Å². The van der Waals surface area contributed by atoms with E-state index in [1.54, 1.807) is 23.1 Å². The highest BCUT2D eigenvalue weighted by atomic mass is 32.2. The molecule has 0 unspecified atom stereocenters. The first-order chi connectivity index (χ1) is 13.2. The fourth-order valence-corrected chi connectivity index (χ4v) is 4.76. The van der Waals surface area contributed by atoms with Gasteiger partial charge >= 0.3 is 0 Å². The molecule has 3 aromatic rings. The third-order valence-electron chi connectivity index (χ3n) is 4.55. The zero-order chi connectivity index (χ0) is 18.6. The fraction of sp³-hybridized carbons (Fsp3) is 0.300. The summed E-state index contributed by atoms with van der Waals surface area (Å²) in [6, 6.07) is 15.9. The van der Waals surface area contributed by atoms with Gasteiger partial charge in [0.1, 0.15) is 0 Å². The molecule has 0 bridgehead atoms. The van der Waals surface area contributed by atoms with Gasteiger partial charge in [0.05, 0.1) is 16.0 Å². The number of carbonyl (C=O) groups excluding carboxylic acids is 1. The molecule has 0 spiro atoms. The summed E-state index contributed by atoms with van der Waals surface area (Å²) in [5.41, 5.74) is 1.82. The van der Waals surface area contributed by atoms with Crippen molar-refractivity contribution in [3.05, 3.63) is 48.5 Å². The Bertz CT molecular complexity index is 920. The highest BCUT2D eigenvalue weighted by Crippen LogP contribution is 2.31. The summed E-state index contributed by atoms with van der Waals surface area (Å²) in [5, 5.41) is 4.07. The number of carbonyl (C=O) groups is 1. The maximum Gasteiger partial charge on any atom is 0.234 e. The van der Waals surface area contributed by atoms with Crippen LogP contribution in [0.25, 0.3) is 10.2 Å². The number of hydrogen-bond donors (Lipinski definition) is 1. The lowest BCUT2D eigenvalue weighted by molar-refractivity contribution is -0.113. The van der Waals surface area contributed by atoms with Gasteiger partial charge in [-0.05, 0) is 37.4 Å². The minimum atomic E-state index is 0.00649. The monoisotopic (exact) mass is 398 g/mol. The van der Waals surface area contributed by atoms with E-state index in [1.807, 2.05) is 48.5 Å². The van der Waals surface area contributed by atoms with E-state index < -0.39 is 0 Å². The molecular weight excluding hydrogens is 376 g/mol. The van der Waals surface area contributed by atoms with Crippen molar-refractivity contribution in [1.82, 2.24) is 9.88 Å². The van der Waals surface area contributed by atoms with Gasteiger partial charge in [-0.3, -0.25) is 4.79 Å². The topological polar surface area (TPSA) is 48.5 Å². The van der Waals surface area contributed by atoms with Crippen LogP contribution in [0.2, 0.25) is 0 Å². The largest absolute Gasteiger partial charge is 0.345 e. The molecule has 0 saturated carbocycles. The number of amides is 1. The second-order valence-corrected chi connectivity index (χ2v) is 8.68. The minimum absolute atomic E-state index is 0.00649. The number of rotatable bonds is 5. The number of nitrogens with one attached hydrogen (secondary N) is 1. The standard InChI is InChI=1S/C20H22N4OS2/c1-23-9-11-24(12-10-23)20-22-17-8-7-15(13-18(17)27-20)21-19(25)14-26-16-5-3-2-4-6-16/h2-8,13H,9-12,14H2,1H3,(H,21,25). The van der Waals surface area contributed by atoms with E-state index in [9.17, 15) is 4.79 Å². The Labute approximate surface area is 167 Å². The number of nitrogens with zero attached hydrogens (tertiary/aromatic N) is 3. The maximum atomic E-state index is 12.2. The lowest BCUT2D eigenvalue weighted by Gasteiger charge is -2.31. The van der Waals surface area contributed by atoms with Crippen molar-refractivity contribution in [3.63, 3.8) is 0 Å². The van der Waals surface area contributed by atoms with Gasteiger partial charge in [-0.25, -0.2) is 4.98 Å². The van der Waals surface area contributed by atoms with Gasteiger partial charge in [-0.1, -0.05) is 29.5 Å². The summed E-state index contributed by atoms with van der Waals surface area (Å²) in [6.07, 6.45) is 0. The number of benzene rings is 2. The Kier molecular flexibility index (Phi) is 5.61. The molecule has 7 heteroatoms. The Morgan fingerprint density at radius 2 is 1.93 bits per heavy atom. The summed E-state index contributed by atoms with van der Waals surface area (Å²) in [5.74, 6) is 0.407. The van der Waals surface area contributed by atoms with Crippen LogP contribution in [-0.2, 0) is 4.79 Å². The third kappa shape index (κ3) is 4.61. The molecule has 2 heterocycles. The summed E-state index contributed by atoms with van der Waals surface area (Å²) >= 11 is 3.24. The predicted octanol–water partition coefficient (Wildman–Crippen LogP) is 3.78. The first-order valence-corrected chi connectivity index (χ1v) is 10.8. The van der Waals surface area contributed by atoms with Crippen LogP contribution >= 0.6 is 23.1 Å². The molecule has 1 N–H and O–H groups in total. The van der Waals surface area contributed by atoms with Gasteiger partial charge in [0.25, 0.3) is 0 Å². The van der Waals surface area contributed by atoms with Crippen molar-refractivity contribution >= 4 is 50.0 Å². The molecule has 1 amide bonds. The van der Waals surface area contributed by atoms with Crippen molar-refractivity contribution in [1.29, 1.82) is 0 Å².